The first-order valence-corrected chi connectivity index (χ1v) is 4.78. The summed E-state index contributed by atoms with van der Waals surface area (Å²) in [7, 11) is 0. The molecule has 1 heterocycles. The number of alkyl halides is 3. The molecule has 7 heteroatoms. The number of carbonyl (C=O) groups is 1. The van der Waals surface area contributed by atoms with E-state index < -0.39 is 24.3 Å². The van der Waals surface area contributed by atoms with Crippen molar-refractivity contribution in [1.29, 1.82) is 0 Å². The number of rotatable bonds is 4. The number of hydrogen-bond acceptors (Lipinski definition) is 3. The van der Waals surface area contributed by atoms with Crippen LogP contribution in [0.2, 0.25) is 0 Å². The minimum absolute atomic E-state index is 0.0509. The first kappa shape index (κ1) is 13.8. The molecule has 0 aliphatic heterocycles. The maximum Gasteiger partial charge on any atom is 0.417 e. The van der Waals surface area contributed by atoms with Crippen molar-refractivity contribution >= 4 is 11.8 Å². The van der Waals surface area contributed by atoms with Gasteiger partial charge in [0.05, 0.1) is 12.1 Å². The molecule has 1 N–H and O–H groups in total. The molecular weight excluding hydrogens is 249 g/mol. The van der Waals surface area contributed by atoms with E-state index in [2.05, 4.69) is 10.9 Å². The Morgan fingerprint density at radius 3 is 2.56 bits per heavy atom. The number of aromatic nitrogens is 1. The van der Waals surface area contributed by atoms with Gasteiger partial charge in [-0.2, -0.15) is 13.2 Å². The van der Waals surface area contributed by atoms with Gasteiger partial charge in [0.15, 0.2) is 0 Å². The zero-order valence-corrected chi connectivity index (χ0v) is 9.11. The lowest BCUT2D eigenvalue weighted by atomic mass is 10.2. The molecule has 0 aromatic carbocycles. The molecule has 0 aliphatic carbocycles. The standard InChI is InChI=1S/C11H9F3N2O2/c1-2-5-16(7-10(17)18)9-4-3-8(6-15-9)11(12,13)14/h1,3-4,6H,5,7H2,(H,17,18). The highest BCUT2D eigenvalue weighted by Crippen LogP contribution is 2.29. The summed E-state index contributed by atoms with van der Waals surface area (Å²) in [6.07, 6.45) is 1.21. The van der Waals surface area contributed by atoms with E-state index in [1.54, 1.807) is 0 Å². The van der Waals surface area contributed by atoms with Crippen molar-refractivity contribution in [2.45, 2.75) is 6.18 Å². The van der Waals surface area contributed by atoms with Gasteiger partial charge in [0, 0.05) is 6.20 Å². The molecule has 96 valence electrons. The van der Waals surface area contributed by atoms with Gasteiger partial charge in [-0.25, -0.2) is 4.98 Å². The normalized spacial score (nSPS) is 10.8. The first-order valence-electron chi connectivity index (χ1n) is 4.78. The van der Waals surface area contributed by atoms with Crippen LogP contribution >= 0.6 is 0 Å². The van der Waals surface area contributed by atoms with Crippen LogP contribution in [-0.4, -0.2) is 29.1 Å². The summed E-state index contributed by atoms with van der Waals surface area (Å²) in [5.74, 6) is 1.16. The molecule has 0 amide bonds. The Kier molecular flexibility index (Phi) is 4.15. The van der Waals surface area contributed by atoms with Crippen LogP contribution < -0.4 is 4.90 Å². The number of hydrogen-bond donors (Lipinski definition) is 1. The Morgan fingerprint density at radius 2 is 2.17 bits per heavy atom. The van der Waals surface area contributed by atoms with Crippen LogP contribution in [0.25, 0.3) is 0 Å². The third-order valence-electron chi connectivity index (χ3n) is 2.01. The highest BCUT2D eigenvalue weighted by atomic mass is 19.4. The van der Waals surface area contributed by atoms with Crippen molar-refractivity contribution in [3.63, 3.8) is 0 Å². The quantitative estimate of drug-likeness (QED) is 0.834. The van der Waals surface area contributed by atoms with Gasteiger partial charge in [-0.15, -0.1) is 6.42 Å². The molecule has 18 heavy (non-hydrogen) atoms. The summed E-state index contributed by atoms with van der Waals surface area (Å²) in [4.78, 5) is 15.3. The summed E-state index contributed by atoms with van der Waals surface area (Å²) in [6, 6.07) is 1.91. The Bertz CT molecular complexity index is 463. The second-order valence-electron chi connectivity index (χ2n) is 3.36. The number of pyridine rings is 1. The lowest BCUT2D eigenvalue weighted by molar-refractivity contribution is -0.138. The maximum atomic E-state index is 12.3. The minimum Gasteiger partial charge on any atom is -0.480 e. The average molecular weight is 258 g/mol. The number of terminal acetylenes is 1. The Morgan fingerprint density at radius 1 is 1.50 bits per heavy atom. The predicted octanol–water partition coefficient (Wildman–Crippen LogP) is 1.62. The monoisotopic (exact) mass is 258 g/mol. The van der Waals surface area contributed by atoms with Crippen molar-refractivity contribution in [1.82, 2.24) is 4.98 Å². The number of halogens is 3. The zero-order chi connectivity index (χ0) is 13.8. The van der Waals surface area contributed by atoms with Gasteiger partial charge in [-0.1, -0.05) is 5.92 Å². The van der Waals surface area contributed by atoms with Crippen LogP contribution in [0.15, 0.2) is 18.3 Å². The van der Waals surface area contributed by atoms with E-state index in [1.165, 1.54) is 4.90 Å². The molecule has 0 radical (unpaired) electrons. The number of nitrogens with zero attached hydrogens (tertiary/aromatic N) is 2. The number of carboxylic acids is 1. The fraction of sp³-hybridized carbons (Fsp3) is 0.273. The van der Waals surface area contributed by atoms with Crippen LogP contribution in [0.4, 0.5) is 19.0 Å². The SMILES string of the molecule is C#CCN(CC(=O)O)c1ccc(C(F)(F)F)cn1. The Hall–Kier alpha value is -2.23. The Labute approximate surface area is 101 Å². The number of anilines is 1. The molecule has 1 aromatic rings. The second kappa shape index (κ2) is 5.40. The lowest BCUT2D eigenvalue weighted by Crippen LogP contribution is -2.30. The lowest BCUT2D eigenvalue weighted by Gasteiger charge is -2.19. The fourth-order valence-electron chi connectivity index (χ4n) is 1.23. The van der Waals surface area contributed by atoms with E-state index in [0.717, 1.165) is 12.1 Å². The summed E-state index contributed by atoms with van der Waals surface area (Å²) >= 11 is 0. The van der Waals surface area contributed by atoms with Gasteiger partial charge in [0.25, 0.3) is 0 Å². The molecule has 0 fully saturated rings. The van der Waals surface area contributed by atoms with Gasteiger partial charge in [0.1, 0.15) is 12.4 Å². The van der Waals surface area contributed by atoms with E-state index in [9.17, 15) is 18.0 Å². The van der Waals surface area contributed by atoms with Crippen molar-refractivity contribution < 1.29 is 23.1 Å². The molecule has 1 aromatic heterocycles. The topological polar surface area (TPSA) is 53.4 Å². The van der Waals surface area contributed by atoms with E-state index in [4.69, 9.17) is 11.5 Å². The van der Waals surface area contributed by atoms with Crippen molar-refractivity contribution in [3.05, 3.63) is 23.9 Å². The molecule has 0 atom stereocenters. The molecule has 0 spiro atoms. The molecular formula is C11H9F3N2O2. The number of aliphatic carboxylic acids is 1. The number of carboxylic acid groups (broad SMARTS) is 1. The van der Waals surface area contributed by atoms with Crippen LogP contribution in [0, 0.1) is 12.3 Å². The van der Waals surface area contributed by atoms with E-state index in [0.29, 0.717) is 6.20 Å². The van der Waals surface area contributed by atoms with Crippen LogP contribution in [0.1, 0.15) is 5.56 Å². The summed E-state index contributed by atoms with van der Waals surface area (Å²) < 4.78 is 36.9. The van der Waals surface area contributed by atoms with Gasteiger partial charge in [-0.3, -0.25) is 4.79 Å². The third kappa shape index (κ3) is 3.66. The van der Waals surface area contributed by atoms with Crippen LogP contribution in [0.5, 0.6) is 0 Å². The highest BCUT2D eigenvalue weighted by Gasteiger charge is 2.30. The van der Waals surface area contributed by atoms with Crippen LogP contribution in [-0.2, 0) is 11.0 Å². The molecule has 0 bridgehead atoms. The van der Waals surface area contributed by atoms with E-state index >= 15 is 0 Å². The summed E-state index contributed by atoms with van der Waals surface area (Å²) in [5.41, 5.74) is -0.901. The third-order valence-corrected chi connectivity index (χ3v) is 2.01. The van der Waals surface area contributed by atoms with Gasteiger partial charge in [-0.05, 0) is 12.1 Å². The molecule has 4 nitrogen and oxygen atoms in total. The van der Waals surface area contributed by atoms with Crippen molar-refractivity contribution in [2.75, 3.05) is 18.0 Å². The fourth-order valence-corrected chi connectivity index (χ4v) is 1.23. The highest BCUT2D eigenvalue weighted by molar-refractivity contribution is 5.73. The smallest absolute Gasteiger partial charge is 0.417 e. The van der Waals surface area contributed by atoms with Gasteiger partial charge < -0.3 is 10.0 Å². The maximum absolute atomic E-state index is 12.3. The predicted molar refractivity (Wildman–Crippen MR) is 57.9 cm³/mol. The summed E-state index contributed by atoms with van der Waals surface area (Å²) in [6.45, 7) is -0.479. The van der Waals surface area contributed by atoms with Gasteiger partial charge in [0.2, 0.25) is 0 Å². The molecule has 1 rings (SSSR count). The first-order chi connectivity index (χ1) is 8.34. The van der Waals surface area contributed by atoms with E-state index in [1.807, 2.05) is 0 Å². The largest absolute Gasteiger partial charge is 0.480 e. The zero-order valence-electron chi connectivity index (χ0n) is 9.11. The molecule has 0 aliphatic rings. The Balaban J connectivity index is 2.94. The second-order valence-corrected chi connectivity index (χ2v) is 3.36. The average Bonchev–Trinajstić information content (AvgIpc) is 2.27. The van der Waals surface area contributed by atoms with Crippen LogP contribution in [0.3, 0.4) is 0 Å². The van der Waals surface area contributed by atoms with E-state index in [-0.39, 0.29) is 12.4 Å². The molecule has 0 saturated heterocycles. The van der Waals surface area contributed by atoms with Crippen molar-refractivity contribution in [3.8, 4) is 12.3 Å². The molecule has 0 unspecified atom stereocenters. The summed E-state index contributed by atoms with van der Waals surface area (Å²) in [5, 5.41) is 8.64. The van der Waals surface area contributed by atoms with Gasteiger partial charge >= 0.3 is 12.1 Å². The minimum atomic E-state index is -4.48. The molecule has 0 saturated carbocycles. The van der Waals surface area contributed by atoms with Crippen molar-refractivity contribution in [2.24, 2.45) is 0 Å².